The van der Waals surface area contributed by atoms with E-state index in [1.807, 2.05) is 10.7 Å². The molecule has 1 heterocycles. The van der Waals surface area contributed by atoms with E-state index in [1.54, 1.807) is 12.1 Å². The van der Waals surface area contributed by atoms with Gasteiger partial charge >= 0.3 is 0 Å². The third kappa shape index (κ3) is 2.07. The molecule has 1 aromatic heterocycles. The molecular formula is C14H16N4. The number of nitrogens with zero attached hydrogens (tertiary/aromatic N) is 3. The predicted octanol–water partition coefficient (Wildman–Crippen LogP) is 2.45. The van der Waals surface area contributed by atoms with Crippen molar-refractivity contribution in [1.82, 2.24) is 9.78 Å². The summed E-state index contributed by atoms with van der Waals surface area (Å²) in [5.74, 6) is 0. The average Bonchev–Trinajstić information content (AvgIpc) is 2.82. The molecule has 0 bridgehead atoms. The van der Waals surface area contributed by atoms with Crippen LogP contribution in [-0.4, -0.2) is 9.78 Å². The molecule has 4 heteroatoms. The maximum atomic E-state index is 8.87. The van der Waals surface area contributed by atoms with Crippen LogP contribution in [0, 0.1) is 11.3 Å². The summed E-state index contributed by atoms with van der Waals surface area (Å²) in [5, 5.41) is 13.4. The number of nitrogen functional groups attached to an aromatic ring is 1. The second kappa shape index (κ2) is 4.92. The Morgan fingerprint density at radius 2 is 2.06 bits per heavy atom. The highest BCUT2D eigenvalue weighted by atomic mass is 15.3. The molecule has 0 saturated carbocycles. The lowest BCUT2D eigenvalue weighted by molar-refractivity contribution is 0.794. The maximum Gasteiger partial charge on any atom is 0.101 e. The number of nitrogens with two attached hydrogens (primary N) is 1. The first-order valence-corrected chi connectivity index (χ1v) is 6.07. The first-order valence-electron chi connectivity index (χ1n) is 6.07. The summed E-state index contributed by atoms with van der Waals surface area (Å²) in [4.78, 5) is 0. The minimum atomic E-state index is 0.491. The number of aromatic nitrogens is 2. The Labute approximate surface area is 107 Å². The van der Waals surface area contributed by atoms with Gasteiger partial charge in [0.25, 0.3) is 0 Å². The Bertz CT molecular complexity index is 605. The quantitative estimate of drug-likeness (QED) is 0.838. The Balaban J connectivity index is 2.51. The summed E-state index contributed by atoms with van der Waals surface area (Å²) in [7, 11) is 0. The van der Waals surface area contributed by atoms with Crippen LogP contribution in [-0.2, 0) is 12.8 Å². The lowest BCUT2D eigenvalue weighted by atomic mass is 10.2. The van der Waals surface area contributed by atoms with Gasteiger partial charge in [0.15, 0.2) is 0 Å². The lowest BCUT2D eigenvalue weighted by Crippen LogP contribution is -2.03. The normalized spacial score (nSPS) is 10.3. The Hall–Kier alpha value is -2.28. The van der Waals surface area contributed by atoms with Crippen LogP contribution in [0.2, 0.25) is 0 Å². The molecule has 0 radical (unpaired) electrons. The second-order valence-corrected chi connectivity index (χ2v) is 4.13. The number of benzene rings is 1. The molecule has 0 amide bonds. The third-order valence-corrected chi connectivity index (χ3v) is 2.96. The van der Waals surface area contributed by atoms with Gasteiger partial charge in [0.1, 0.15) is 6.07 Å². The van der Waals surface area contributed by atoms with Crippen molar-refractivity contribution in [3.63, 3.8) is 0 Å². The van der Waals surface area contributed by atoms with Gasteiger partial charge in [-0.05, 0) is 37.1 Å². The summed E-state index contributed by atoms with van der Waals surface area (Å²) in [6.45, 7) is 4.18. The van der Waals surface area contributed by atoms with Gasteiger partial charge in [-0.2, -0.15) is 10.4 Å². The topological polar surface area (TPSA) is 67.6 Å². The van der Waals surface area contributed by atoms with Crippen LogP contribution in [0.1, 0.15) is 30.8 Å². The lowest BCUT2D eigenvalue weighted by Gasteiger charge is -2.07. The summed E-state index contributed by atoms with van der Waals surface area (Å²) in [6, 6.07) is 9.57. The summed E-state index contributed by atoms with van der Waals surface area (Å²) in [5.41, 5.74) is 9.95. The molecule has 0 spiro atoms. The van der Waals surface area contributed by atoms with Crippen LogP contribution in [0.15, 0.2) is 24.3 Å². The van der Waals surface area contributed by atoms with Crippen LogP contribution in [0.3, 0.4) is 0 Å². The highest BCUT2D eigenvalue weighted by Gasteiger charge is 2.08. The molecule has 0 fully saturated rings. The molecule has 18 heavy (non-hydrogen) atoms. The Kier molecular flexibility index (Phi) is 3.33. The number of aryl methyl sites for hydroxylation is 2. The van der Waals surface area contributed by atoms with Crippen molar-refractivity contribution in [2.45, 2.75) is 26.7 Å². The van der Waals surface area contributed by atoms with Crippen molar-refractivity contribution in [2.75, 3.05) is 5.73 Å². The highest BCUT2D eigenvalue weighted by Crippen LogP contribution is 2.19. The monoisotopic (exact) mass is 240 g/mol. The molecular weight excluding hydrogens is 224 g/mol. The fraction of sp³-hybridized carbons (Fsp3) is 0.286. The molecule has 0 aliphatic carbocycles. The van der Waals surface area contributed by atoms with E-state index in [-0.39, 0.29) is 0 Å². The summed E-state index contributed by atoms with van der Waals surface area (Å²) >= 11 is 0. The first kappa shape index (κ1) is 12.2. The zero-order chi connectivity index (χ0) is 13.1. The molecule has 0 aliphatic rings. The smallest absolute Gasteiger partial charge is 0.101 e. The molecule has 0 saturated heterocycles. The van der Waals surface area contributed by atoms with Crippen molar-refractivity contribution >= 4 is 5.69 Å². The van der Waals surface area contributed by atoms with Crippen LogP contribution in [0.5, 0.6) is 0 Å². The van der Waals surface area contributed by atoms with Crippen molar-refractivity contribution in [3.05, 3.63) is 41.2 Å². The van der Waals surface area contributed by atoms with E-state index >= 15 is 0 Å². The Morgan fingerprint density at radius 3 is 2.61 bits per heavy atom. The maximum absolute atomic E-state index is 8.87. The zero-order valence-corrected chi connectivity index (χ0v) is 10.6. The van der Waals surface area contributed by atoms with Crippen molar-refractivity contribution in [3.8, 4) is 11.8 Å². The van der Waals surface area contributed by atoms with E-state index in [9.17, 15) is 0 Å². The number of hydrogen-bond donors (Lipinski definition) is 1. The van der Waals surface area contributed by atoms with E-state index < -0.39 is 0 Å². The van der Waals surface area contributed by atoms with Gasteiger partial charge in [-0.1, -0.05) is 13.8 Å². The number of nitriles is 1. The predicted molar refractivity (Wildman–Crippen MR) is 71.4 cm³/mol. The van der Waals surface area contributed by atoms with Crippen LogP contribution < -0.4 is 5.73 Å². The van der Waals surface area contributed by atoms with Gasteiger partial charge in [0, 0.05) is 5.69 Å². The van der Waals surface area contributed by atoms with Crippen LogP contribution in [0.25, 0.3) is 5.69 Å². The number of rotatable bonds is 3. The van der Waals surface area contributed by atoms with E-state index in [1.165, 1.54) is 0 Å². The third-order valence-electron chi connectivity index (χ3n) is 2.96. The highest BCUT2D eigenvalue weighted by molar-refractivity contribution is 5.59. The molecule has 1 aromatic carbocycles. The number of hydrogen-bond acceptors (Lipinski definition) is 3. The molecule has 2 N–H and O–H groups in total. The van der Waals surface area contributed by atoms with Crippen LogP contribution >= 0.6 is 0 Å². The molecule has 0 aliphatic heterocycles. The van der Waals surface area contributed by atoms with Gasteiger partial charge in [0.05, 0.1) is 22.6 Å². The van der Waals surface area contributed by atoms with E-state index in [2.05, 4.69) is 31.1 Å². The molecule has 4 nitrogen and oxygen atoms in total. The first-order chi connectivity index (χ1) is 8.69. The van der Waals surface area contributed by atoms with E-state index in [0.717, 1.165) is 29.9 Å². The van der Waals surface area contributed by atoms with Crippen molar-refractivity contribution in [2.24, 2.45) is 0 Å². The average molecular weight is 240 g/mol. The van der Waals surface area contributed by atoms with Crippen molar-refractivity contribution in [1.29, 1.82) is 5.26 Å². The fourth-order valence-electron chi connectivity index (χ4n) is 1.91. The van der Waals surface area contributed by atoms with Gasteiger partial charge in [-0.25, -0.2) is 4.68 Å². The minimum absolute atomic E-state index is 0.491. The van der Waals surface area contributed by atoms with Crippen LogP contribution in [0.4, 0.5) is 5.69 Å². The largest absolute Gasteiger partial charge is 0.398 e. The SMILES string of the molecule is CCc1cc(CC)n(-c2ccc(C#N)c(N)c2)n1. The van der Waals surface area contributed by atoms with Gasteiger partial charge in [0.2, 0.25) is 0 Å². The molecule has 0 atom stereocenters. The Morgan fingerprint density at radius 1 is 1.28 bits per heavy atom. The minimum Gasteiger partial charge on any atom is -0.398 e. The number of anilines is 1. The van der Waals surface area contributed by atoms with E-state index in [0.29, 0.717) is 11.3 Å². The molecule has 2 aromatic rings. The molecule has 0 unspecified atom stereocenters. The molecule has 2 rings (SSSR count). The van der Waals surface area contributed by atoms with Gasteiger partial charge in [-0.3, -0.25) is 0 Å². The van der Waals surface area contributed by atoms with Gasteiger partial charge in [-0.15, -0.1) is 0 Å². The summed E-state index contributed by atoms with van der Waals surface area (Å²) in [6.07, 6.45) is 1.82. The van der Waals surface area contributed by atoms with Crippen molar-refractivity contribution < 1.29 is 0 Å². The van der Waals surface area contributed by atoms with Gasteiger partial charge < -0.3 is 5.73 Å². The zero-order valence-electron chi connectivity index (χ0n) is 10.6. The second-order valence-electron chi connectivity index (χ2n) is 4.13. The summed E-state index contributed by atoms with van der Waals surface area (Å²) < 4.78 is 1.90. The van der Waals surface area contributed by atoms with E-state index in [4.69, 9.17) is 11.0 Å². The fourth-order valence-corrected chi connectivity index (χ4v) is 1.91. The molecule has 92 valence electrons. The standard InChI is InChI=1S/C14H16N4/c1-3-11-7-12(4-2)18(17-11)13-6-5-10(9-15)14(16)8-13/h5-8H,3-4,16H2,1-2H3.